The summed E-state index contributed by atoms with van der Waals surface area (Å²) >= 11 is 0. The monoisotopic (exact) mass is 444 g/mol. The molecule has 2 aromatic carbocycles. The minimum absolute atomic E-state index is 0.00736. The molecule has 7 heteroatoms. The van der Waals surface area contributed by atoms with Crippen LogP contribution in [0.4, 0.5) is 10.2 Å². The zero-order valence-electron chi connectivity index (χ0n) is 18.6. The van der Waals surface area contributed by atoms with Gasteiger partial charge in [0.2, 0.25) is 0 Å². The van der Waals surface area contributed by atoms with Crippen LogP contribution >= 0.6 is 0 Å². The Bertz CT molecular complexity index is 1320. The van der Waals surface area contributed by atoms with Crippen molar-refractivity contribution in [2.24, 2.45) is 0 Å². The molecule has 168 valence electrons. The minimum atomic E-state index is -0.600. The number of amides is 1. The van der Waals surface area contributed by atoms with E-state index in [1.54, 1.807) is 30.2 Å². The topological polar surface area (TPSA) is 71.3 Å². The van der Waals surface area contributed by atoms with Gasteiger partial charge in [-0.05, 0) is 62.4 Å². The molecular weight excluding hydrogens is 419 g/mol. The summed E-state index contributed by atoms with van der Waals surface area (Å²) in [5, 5.41) is 9.13. The predicted octanol–water partition coefficient (Wildman–Crippen LogP) is 5.04. The van der Waals surface area contributed by atoms with Crippen molar-refractivity contribution in [3.63, 3.8) is 0 Å². The number of piperidine rings is 1. The van der Waals surface area contributed by atoms with Crippen LogP contribution < -0.4 is 10.2 Å². The summed E-state index contributed by atoms with van der Waals surface area (Å²) in [5.41, 5.74) is 2.27. The third-order valence-corrected chi connectivity index (χ3v) is 6.17. The van der Waals surface area contributed by atoms with Crippen LogP contribution in [0.3, 0.4) is 0 Å². The lowest BCUT2D eigenvalue weighted by Crippen LogP contribution is -2.49. The quantitative estimate of drug-likeness (QED) is 0.477. The van der Waals surface area contributed by atoms with Crippen LogP contribution in [0.15, 0.2) is 59.3 Å². The molecule has 1 saturated heterocycles. The molecule has 1 aliphatic rings. The number of aryl methyl sites for hydroxylation is 2. The molecule has 6 nitrogen and oxygen atoms in total. The van der Waals surface area contributed by atoms with Crippen LogP contribution in [0.25, 0.3) is 22.1 Å². The van der Waals surface area contributed by atoms with Gasteiger partial charge in [-0.15, -0.1) is 0 Å². The van der Waals surface area contributed by atoms with Crippen molar-refractivity contribution >= 4 is 22.5 Å². The SMILES string of the molecule is Cc1cc(-c2ccc(C(=O)N(c3nccc4cccc(C)c34)[C@@H]3CCCNC3)c(F)c2)on1. The Morgan fingerprint density at radius 1 is 1.18 bits per heavy atom. The van der Waals surface area contributed by atoms with Crippen molar-refractivity contribution in [2.45, 2.75) is 32.7 Å². The number of hydrogen-bond acceptors (Lipinski definition) is 5. The standard InChI is InChI=1S/C26H25FN4O2/c1-16-5-3-6-18-10-12-29-25(24(16)18)31(20-7-4-11-28-15-20)26(32)21-9-8-19(14-22(21)27)23-13-17(2)30-33-23/h3,5-6,8-10,12-14,20,28H,4,7,11,15H2,1-2H3/t20-/m1/s1. The second-order valence-electron chi connectivity index (χ2n) is 8.51. The van der Waals surface area contributed by atoms with Crippen LogP contribution in [0.5, 0.6) is 0 Å². The number of anilines is 1. The molecule has 1 amide bonds. The molecule has 0 unspecified atom stereocenters. The first-order valence-corrected chi connectivity index (χ1v) is 11.1. The zero-order valence-corrected chi connectivity index (χ0v) is 18.6. The van der Waals surface area contributed by atoms with Crippen molar-refractivity contribution in [2.75, 3.05) is 18.0 Å². The van der Waals surface area contributed by atoms with Gasteiger partial charge in [0.15, 0.2) is 5.76 Å². The minimum Gasteiger partial charge on any atom is -0.356 e. The van der Waals surface area contributed by atoms with E-state index in [4.69, 9.17) is 4.52 Å². The molecule has 1 aliphatic heterocycles. The summed E-state index contributed by atoms with van der Waals surface area (Å²) in [7, 11) is 0. The van der Waals surface area contributed by atoms with Crippen LogP contribution in [-0.4, -0.2) is 35.2 Å². The van der Waals surface area contributed by atoms with Crippen molar-refractivity contribution in [3.05, 3.63) is 77.4 Å². The zero-order chi connectivity index (χ0) is 22.9. The highest BCUT2D eigenvalue weighted by molar-refractivity contribution is 6.11. The number of nitrogens with one attached hydrogen (secondary N) is 1. The molecule has 0 saturated carbocycles. The summed E-state index contributed by atoms with van der Waals surface area (Å²) in [5.74, 6) is 0.0331. The Labute approximate surface area is 191 Å². The molecule has 5 rings (SSSR count). The lowest BCUT2D eigenvalue weighted by Gasteiger charge is -2.35. The number of benzene rings is 2. The van der Waals surface area contributed by atoms with Gasteiger partial charge < -0.3 is 9.84 Å². The number of halogens is 1. The Kier molecular flexibility index (Phi) is 5.64. The Balaban J connectivity index is 1.60. The maximum absolute atomic E-state index is 15.3. The van der Waals surface area contributed by atoms with Crippen LogP contribution in [-0.2, 0) is 0 Å². The molecule has 33 heavy (non-hydrogen) atoms. The molecule has 0 radical (unpaired) electrons. The van der Waals surface area contributed by atoms with Gasteiger partial charge in [0.1, 0.15) is 11.6 Å². The molecule has 0 aliphatic carbocycles. The second-order valence-corrected chi connectivity index (χ2v) is 8.51. The Hall–Kier alpha value is -3.58. The van der Waals surface area contributed by atoms with E-state index in [2.05, 4.69) is 15.5 Å². The van der Waals surface area contributed by atoms with E-state index >= 15 is 4.39 Å². The highest BCUT2D eigenvalue weighted by Crippen LogP contribution is 2.32. The fourth-order valence-electron chi connectivity index (χ4n) is 4.53. The summed E-state index contributed by atoms with van der Waals surface area (Å²) < 4.78 is 20.5. The molecule has 1 fully saturated rings. The van der Waals surface area contributed by atoms with Gasteiger partial charge in [0.25, 0.3) is 5.91 Å². The van der Waals surface area contributed by atoms with Crippen LogP contribution in [0.1, 0.15) is 34.5 Å². The number of aromatic nitrogens is 2. The molecule has 4 aromatic rings. The van der Waals surface area contributed by atoms with Gasteiger partial charge in [-0.2, -0.15) is 0 Å². The summed E-state index contributed by atoms with van der Waals surface area (Å²) in [6, 6.07) is 14.1. The van der Waals surface area contributed by atoms with Crippen molar-refractivity contribution in [3.8, 4) is 11.3 Å². The first-order chi connectivity index (χ1) is 16.0. The molecule has 3 heterocycles. The first kappa shape index (κ1) is 21.3. The van der Waals surface area contributed by atoms with E-state index in [-0.39, 0.29) is 11.6 Å². The summed E-state index contributed by atoms with van der Waals surface area (Å²) in [6.45, 7) is 5.34. The average Bonchev–Trinajstić information content (AvgIpc) is 3.26. The van der Waals surface area contributed by atoms with Crippen LogP contribution in [0, 0.1) is 19.7 Å². The Morgan fingerprint density at radius 2 is 2.06 bits per heavy atom. The van der Waals surface area contributed by atoms with E-state index in [0.29, 0.717) is 29.4 Å². The molecule has 0 spiro atoms. The number of carbonyl (C=O) groups excluding carboxylic acids is 1. The molecular formula is C26H25FN4O2. The van der Waals surface area contributed by atoms with E-state index in [1.807, 2.05) is 31.2 Å². The number of carbonyl (C=O) groups is 1. The maximum Gasteiger partial charge on any atom is 0.262 e. The fraction of sp³-hybridized carbons (Fsp3) is 0.269. The third-order valence-electron chi connectivity index (χ3n) is 6.17. The molecule has 1 N–H and O–H groups in total. The van der Waals surface area contributed by atoms with Gasteiger partial charge in [0, 0.05) is 29.8 Å². The van der Waals surface area contributed by atoms with Gasteiger partial charge >= 0.3 is 0 Å². The number of hydrogen-bond donors (Lipinski definition) is 1. The Morgan fingerprint density at radius 3 is 2.79 bits per heavy atom. The van der Waals surface area contributed by atoms with E-state index < -0.39 is 11.7 Å². The first-order valence-electron chi connectivity index (χ1n) is 11.1. The van der Waals surface area contributed by atoms with Crippen molar-refractivity contribution in [1.29, 1.82) is 0 Å². The van der Waals surface area contributed by atoms with E-state index in [1.165, 1.54) is 12.1 Å². The summed E-state index contributed by atoms with van der Waals surface area (Å²) in [6.07, 6.45) is 3.46. The van der Waals surface area contributed by atoms with Gasteiger partial charge in [0.05, 0.1) is 17.3 Å². The predicted molar refractivity (Wildman–Crippen MR) is 126 cm³/mol. The number of pyridine rings is 1. The lowest BCUT2D eigenvalue weighted by molar-refractivity contribution is 0.0968. The highest BCUT2D eigenvalue weighted by Gasteiger charge is 2.31. The lowest BCUT2D eigenvalue weighted by atomic mass is 10.0. The third kappa shape index (κ3) is 4.00. The van der Waals surface area contributed by atoms with E-state index in [0.717, 1.165) is 35.7 Å². The molecule has 0 bridgehead atoms. The number of rotatable bonds is 4. The van der Waals surface area contributed by atoms with Crippen molar-refractivity contribution in [1.82, 2.24) is 15.5 Å². The maximum atomic E-state index is 15.3. The number of nitrogens with zero attached hydrogens (tertiary/aromatic N) is 3. The normalized spacial score (nSPS) is 16.2. The van der Waals surface area contributed by atoms with Crippen LogP contribution in [0.2, 0.25) is 0 Å². The largest absolute Gasteiger partial charge is 0.356 e. The molecule has 1 atom stereocenters. The number of fused-ring (bicyclic) bond motifs is 1. The highest BCUT2D eigenvalue weighted by atomic mass is 19.1. The van der Waals surface area contributed by atoms with Gasteiger partial charge in [-0.1, -0.05) is 29.4 Å². The van der Waals surface area contributed by atoms with E-state index in [9.17, 15) is 4.79 Å². The van der Waals surface area contributed by atoms with Crippen molar-refractivity contribution < 1.29 is 13.7 Å². The second kappa shape index (κ2) is 8.75. The molecule has 2 aromatic heterocycles. The smallest absolute Gasteiger partial charge is 0.262 e. The summed E-state index contributed by atoms with van der Waals surface area (Å²) in [4.78, 5) is 20.2. The fourth-order valence-corrected chi connectivity index (χ4v) is 4.53. The average molecular weight is 445 g/mol. The van der Waals surface area contributed by atoms with Gasteiger partial charge in [-0.25, -0.2) is 9.37 Å². The van der Waals surface area contributed by atoms with Gasteiger partial charge in [-0.3, -0.25) is 9.69 Å².